The number of anilines is 1. The molecule has 0 amide bonds. The van der Waals surface area contributed by atoms with Crippen molar-refractivity contribution >= 4 is 23.9 Å². The van der Waals surface area contributed by atoms with Gasteiger partial charge in [-0.1, -0.05) is 12.1 Å². The van der Waals surface area contributed by atoms with Gasteiger partial charge in [0.05, 0.1) is 7.11 Å². The van der Waals surface area contributed by atoms with Crippen molar-refractivity contribution in [3.63, 3.8) is 0 Å². The van der Waals surface area contributed by atoms with E-state index in [4.69, 9.17) is 0 Å². The molecule has 0 unspecified atom stereocenters. The van der Waals surface area contributed by atoms with Crippen molar-refractivity contribution < 1.29 is 14.6 Å². The average Bonchev–Trinajstić information content (AvgIpc) is 2.53. The zero-order valence-electron chi connectivity index (χ0n) is 13.4. The van der Waals surface area contributed by atoms with Gasteiger partial charge in [-0.2, -0.15) is 0 Å². The quantitative estimate of drug-likeness (QED) is 0.278. The van der Waals surface area contributed by atoms with Gasteiger partial charge in [0.2, 0.25) is 0 Å². The summed E-state index contributed by atoms with van der Waals surface area (Å²) in [7, 11) is 3.13. The lowest BCUT2D eigenvalue weighted by atomic mass is 10.1. The van der Waals surface area contributed by atoms with E-state index in [-0.39, 0.29) is 11.3 Å². The lowest BCUT2D eigenvalue weighted by molar-refractivity contribution is -0.135. The number of ether oxygens (including phenoxy) is 1. The molecule has 0 bridgehead atoms. The second-order valence-corrected chi connectivity index (χ2v) is 4.58. The summed E-state index contributed by atoms with van der Waals surface area (Å²) in [4.78, 5) is 15.6. The molecule has 0 saturated carbocycles. The molecule has 0 heterocycles. The van der Waals surface area contributed by atoms with Crippen molar-refractivity contribution in [2.45, 2.75) is 13.8 Å². The first-order valence-corrected chi connectivity index (χ1v) is 7.01. The van der Waals surface area contributed by atoms with Crippen molar-refractivity contribution in [3.8, 4) is 0 Å². The third-order valence-corrected chi connectivity index (χ3v) is 3.04. The Bertz CT molecular complexity index is 616. The Balaban J connectivity index is 3.07. The second-order valence-electron chi connectivity index (χ2n) is 4.58. The summed E-state index contributed by atoms with van der Waals surface area (Å²) in [6.45, 7) is 4.35. The molecule has 22 heavy (non-hydrogen) atoms. The first kappa shape index (κ1) is 17.5. The van der Waals surface area contributed by atoms with E-state index in [9.17, 15) is 9.90 Å². The molecule has 0 saturated heterocycles. The largest absolute Gasteiger partial charge is 0.507 e. The summed E-state index contributed by atoms with van der Waals surface area (Å²) in [5, 5.41) is 13.1. The summed E-state index contributed by atoms with van der Waals surface area (Å²) >= 11 is 0. The smallest absolute Gasteiger partial charge is 0.343 e. The second kappa shape index (κ2) is 8.67. The highest BCUT2D eigenvalue weighted by Crippen LogP contribution is 2.17. The fourth-order valence-corrected chi connectivity index (χ4v) is 1.85. The number of esters is 1. The zero-order chi connectivity index (χ0) is 16.5. The number of aliphatic hydroxyl groups is 1. The Kier molecular flexibility index (Phi) is 6.89. The van der Waals surface area contributed by atoms with E-state index in [0.29, 0.717) is 6.54 Å². The monoisotopic (exact) mass is 302 g/mol. The molecule has 1 aromatic rings. The minimum Gasteiger partial charge on any atom is -0.507 e. The standard InChI is InChI=1S/C17H22N2O3/c1-5-19-11-14(17(21)22-4)16(20)9-7-13-6-8-15(18-3)12(2)10-13/h6-11,18,20H,5H2,1-4H3. The van der Waals surface area contributed by atoms with Crippen LogP contribution in [0.25, 0.3) is 6.08 Å². The maximum Gasteiger partial charge on any atom is 0.343 e. The summed E-state index contributed by atoms with van der Waals surface area (Å²) in [5.41, 5.74) is 3.08. The molecule has 0 aliphatic rings. The average molecular weight is 302 g/mol. The number of aliphatic hydroxyl groups excluding tert-OH is 1. The third kappa shape index (κ3) is 4.77. The lowest BCUT2D eigenvalue weighted by Crippen LogP contribution is -2.08. The topological polar surface area (TPSA) is 70.9 Å². The van der Waals surface area contributed by atoms with Gasteiger partial charge in [0.15, 0.2) is 0 Å². The Morgan fingerprint density at radius 2 is 2.18 bits per heavy atom. The van der Waals surface area contributed by atoms with E-state index in [0.717, 1.165) is 16.8 Å². The molecule has 0 atom stereocenters. The van der Waals surface area contributed by atoms with Crippen LogP contribution in [-0.4, -0.2) is 38.0 Å². The van der Waals surface area contributed by atoms with Gasteiger partial charge < -0.3 is 15.2 Å². The minimum absolute atomic E-state index is 0.0316. The Morgan fingerprint density at radius 1 is 1.45 bits per heavy atom. The van der Waals surface area contributed by atoms with Crippen LogP contribution >= 0.6 is 0 Å². The number of benzene rings is 1. The van der Waals surface area contributed by atoms with Gasteiger partial charge >= 0.3 is 5.97 Å². The van der Waals surface area contributed by atoms with Gasteiger partial charge in [0.25, 0.3) is 0 Å². The molecule has 1 rings (SSSR count). The number of rotatable bonds is 6. The predicted octanol–water partition coefficient (Wildman–Crippen LogP) is 3.13. The highest BCUT2D eigenvalue weighted by molar-refractivity contribution is 6.10. The van der Waals surface area contributed by atoms with Crippen molar-refractivity contribution in [3.05, 3.63) is 46.7 Å². The molecule has 5 heteroatoms. The zero-order valence-corrected chi connectivity index (χ0v) is 13.4. The Hall–Kier alpha value is -2.56. The Morgan fingerprint density at radius 3 is 2.73 bits per heavy atom. The van der Waals surface area contributed by atoms with E-state index >= 15 is 0 Å². The summed E-state index contributed by atoms with van der Waals surface area (Å²) in [5.74, 6) is -0.805. The number of aryl methyl sites for hydroxylation is 1. The maximum absolute atomic E-state index is 11.6. The van der Waals surface area contributed by atoms with Gasteiger partial charge in [-0.15, -0.1) is 0 Å². The minimum atomic E-state index is -0.624. The molecule has 0 radical (unpaired) electrons. The molecule has 0 spiro atoms. The van der Waals surface area contributed by atoms with Crippen LogP contribution in [0, 0.1) is 6.92 Å². The lowest BCUT2D eigenvalue weighted by Gasteiger charge is -2.05. The van der Waals surface area contributed by atoms with Gasteiger partial charge in [0.1, 0.15) is 11.3 Å². The molecule has 5 nitrogen and oxygen atoms in total. The van der Waals surface area contributed by atoms with Crippen molar-refractivity contribution in [1.29, 1.82) is 0 Å². The molecular formula is C17H22N2O3. The van der Waals surface area contributed by atoms with E-state index < -0.39 is 5.97 Å². The summed E-state index contributed by atoms with van der Waals surface area (Å²) in [6.07, 6.45) is 4.51. The predicted molar refractivity (Wildman–Crippen MR) is 90.5 cm³/mol. The third-order valence-electron chi connectivity index (χ3n) is 3.04. The van der Waals surface area contributed by atoms with Crippen molar-refractivity contribution in [1.82, 2.24) is 0 Å². The number of nitrogens with zero attached hydrogens (tertiary/aromatic N) is 1. The van der Waals surface area contributed by atoms with Crippen LogP contribution in [-0.2, 0) is 9.53 Å². The number of hydrogen-bond acceptors (Lipinski definition) is 5. The van der Waals surface area contributed by atoms with E-state index in [1.165, 1.54) is 19.4 Å². The van der Waals surface area contributed by atoms with Crippen LogP contribution in [0.15, 0.2) is 40.6 Å². The summed E-state index contributed by atoms with van der Waals surface area (Å²) in [6, 6.07) is 5.85. The number of hydrogen-bond donors (Lipinski definition) is 2. The summed E-state index contributed by atoms with van der Waals surface area (Å²) < 4.78 is 4.64. The molecule has 0 aromatic heterocycles. The number of methoxy groups -OCH3 is 1. The fourth-order valence-electron chi connectivity index (χ4n) is 1.85. The number of carbonyl (C=O) groups excluding carboxylic acids is 1. The number of carbonyl (C=O) groups is 1. The van der Waals surface area contributed by atoms with Crippen molar-refractivity contribution in [2.75, 3.05) is 26.0 Å². The molecule has 118 valence electrons. The van der Waals surface area contributed by atoms with Crippen LogP contribution in [0.2, 0.25) is 0 Å². The molecule has 1 aromatic carbocycles. The van der Waals surface area contributed by atoms with Gasteiger partial charge in [-0.3, -0.25) is 4.99 Å². The molecule has 0 fully saturated rings. The van der Waals surface area contributed by atoms with E-state index in [2.05, 4.69) is 15.0 Å². The van der Waals surface area contributed by atoms with Gasteiger partial charge in [0, 0.05) is 25.5 Å². The van der Waals surface area contributed by atoms with Gasteiger partial charge in [-0.05, 0) is 43.2 Å². The first-order valence-electron chi connectivity index (χ1n) is 7.01. The molecule has 2 N–H and O–H groups in total. The number of aliphatic imine (C=N–C) groups is 1. The Labute approximate surface area is 131 Å². The highest BCUT2D eigenvalue weighted by Gasteiger charge is 2.11. The van der Waals surface area contributed by atoms with Crippen LogP contribution in [0.1, 0.15) is 18.1 Å². The van der Waals surface area contributed by atoms with Crippen LogP contribution in [0.5, 0.6) is 0 Å². The van der Waals surface area contributed by atoms with Crippen LogP contribution < -0.4 is 5.32 Å². The van der Waals surface area contributed by atoms with Crippen molar-refractivity contribution in [2.24, 2.45) is 4.99 Å². The highest BCUT2D eigenvalue weighted by atomic mass is 16.5. The SMILES string of the molecule is CCN=CC(C(=O)OC)=C(O)C=Cc1ccc(NC)c(C)c1. The van der Waals surface area contributed by atoms with E-state index in [1.54, 1.807) is 6.08 Å². The molecular weight excluding hydrogens is 280 g/mol. The van der Waals surface area contributed by atoms with E-state index in [1.807, 2.05) is 39.1 Å². The molecule has 0 aliphatic carbocycles. The fraction of sp³-hybridized carbons (Fsp3) is 0.294. The number of nitrogens with one attached hydrogen (secondary N) is 1. The first-order chi connectivity index (χ1) is 10.5. The van der Waals surface area contributed by atoms with Crippen LogP contribution in [0.4, 0.5) is 5.69 Å². The maximum atomic E-state index is 11.6. The van der Waals surface area contributed by atoms with Crippen LogP contribution in [0.3, 0.4) is 0 Å². The number of allylic oxidation sites excluding steroid dienone is 1. The normalized spacial score (nSPS) is 12.5. The van der Waals surface area contributed by atoms with Gasteiger partial charge in [-0.25, -0.2) is 4.79 Å². The molecule has 0 aliphatic heterocycles.